The Bertz CT molecular complexity index is 1050. The minimum atomic E-state index is -0.879. The van der Waals surface area contributed by atoms with Crippen LogP contribution in [0.3, 0.4) is 0 Å². The molecule has 0 heterocycles. The quantitative estimate of drug-likeness (QED) is 0.0475. The Hall–Kier alpha value is -3.21. The molecule has 2 atom stereocenters. The van der Waals surface area contributed by atoms with Crippen LogP contribution in [0, 0.1) is 0 Å². The lowest BCUT2D eigenvalue weighted by atomic mass is 10.1. The highest BCUT2D eigenvalue weighted by Crippen LogP contribution is 2.08. The molecule has 2 unspecified atom stereocenters. The van der Waals surface area contributed by atoms with E-state index >= 15 is 0 Å². The molecule has 0 aliphatic carbocycles. The molecule has 0 aliphatic heterocycles. The minimum absolute atomic E-state index is 0.109. The van der Waals surface area contributed by atoms with Gasteiger partial charge in [0.05, 0.1) is 18.8 Å². The Balaban J connectivity index is 3.76. The number of rotatable bonds is 33. The third-order valence-corrected chi connectivity index (χ3v) is 7.93. The van der Waals surface area contributed by atoms with Crippen molar-refractivity contribution in [3.63, 3.8) is 0 Å². The topological polar surface area (TPSA) is 69.6 Å². The number of hydrogen-bond donors (Lipinski definition) is 3. The molecule has 0 bridgehead atoms. The molecule has 0 aromatic carbocycles. The van der Waals surface area contributed by atoms with Gasteiger partial charge in [-0.2, -0.15) is 0 Å². The summed E-state index contributed by atoms with van der Waals surface area (Å²) in [5.41, 5.74) is 0. The summed E-state index contributed by atoms with van der Waals surface area (Å²) in [5.74, 6) is -0.109. The summed E-state index contributed by atoms with van der Waals surface area (Å²) in [4.78, 5) is 12.3. The minimum Gasteiger partial charge on any atom is -0.394 e. The molecule has 0 saturated heterocycles. The third-order valence-electron chi connectivity index (χ3n) is 7.93. The molecule has 0 fully saturated rings. The molecule has 0 saturated carbocycles. The molecule has 0 radical (unpaired) electrons. The number of unbranched alkanes of at least 4 members (excludes halogenated alkanes) is 8. The van der Waals surface area contributed by atoms with Crippen LogP contribution in [-0.2, 0) is 4.79 Å². The van der Waals surface area contributed by atoms with E-state index in [2.05, 4.69) is 129 Å². The van der Waals surface area contributed by atoms with Gasteiger partial charge in [0.1, 0.15) is 0 Å². The first-order valence-corrected chi connectivity index (χ1v) is 19.7. The first-order valence-electron chi connectivity index (χ1n) is 19.7. The van der Waals surface area contributed by atoms with Crippen LogP contribution in [0.5, 0.6) is 0 Å². The maximum Gasteiger partial charge on any atom is 0.220 e. The molecule has 4 heteroatoms. The SMILES string of the molecule is CC/C=C\C/C=C\C/C=C\C/C=C\C/C=C\C/C=C\C/C=C\C/C=C\CCCCCCC(=O)NC(CO)C(O)/C=C/CC/C=C/CCCCC. The highest BCUT2D eigenvalue weighted by atomic mass is 16.3. The van der Waals surface area contributed by atoms with Crippen molar-refractivity contribution < 1.29 is 15.0 Å². The van der Waals surface area contributed by atoms with E-state index in [9.17, 15) is 15.0 Å². The van der Waals surface area contributed by atoms with Crippen LogP contribution in [-0.4, -0.2) is 34.9 Å². The Morgan fingerprint density at radius 3 is 1.38 bits per heavy atom. The maximum absolute atomic E-state index is 12.3. The van der Waals surface area contributed by atoms with Crippen LogP contribution in [0.4, 0.5) is 0 Å². The van der Waals surface area contributed by atoms with Gasteiger partial charge in [-0.3, -0.25) is 4.79 Å². The molecule has 3 N–H and O–H groups in total. The third kappa shape index (κ3) is 36.1. The fourth-order valence-corrected chi connectivity index (χ4v) is 4.91. The number of nitrogens with one attached hydrogen (secondary N) is 1. The lowest BCUT2D eigenvalue weighted by Crippen LogP contribution is -2.45. The van der Waals surface area contributed by atoms with Gasteiger partial charge in [-0.25, -0.2) is 0 Å². The molecule has 0 spiro atoms. The normalized spacial score (nSPS) is 14.4. The number of carbonyl (C=O) groups is 1. The van der Waals surface area contributed by atoms with Crippen LogP contribution in [0.2, 0.25) is 0 Å². The predicted octanol–water partition coefficient (Wildman–Crippen LogP) is 12.2. The second-order valence-electron chi connectivity index (χ2n) is 12.6. The van der Waals surface area contributed by atoms with Crippen LogP contribution in [0.1, 0.15) is 142 Å². The van der Waals surface area contributed by atoms with Gasteiger partial charge in [-0.15, -0.1) is 0 Å². The number of hydrogen-bond acceptors (Lipinski definition) is 3. The molecule has 0 aromatic rings. The molecular weight excluding hydrogens is 615 g/mol. The van der Waals surface area contributed by atoms with Gasteiger partial charge in [0.2, 0.25) is 5.91 Å². The van der Waals surface area contributed by atoms with Crippen molar-refractivity contribution >= 4 is 5.91 Å². The van der Waals surface area contributed by atoms with Crippen LogP contribution < -0.4 is 5.32 Å². The van der Waals surface area contributed by atoms with E-state index in [1.165, 1.54) is 19.3 Å². The molecule has 4 nitrogen and oxygen atoms in total. The van der Waals surface area contributed by atoms with Gasteiger partial charge in [0.25, 0.3) is 0 Å². The average Bonchev–Trinajstić information content (AvgIpc) is 3.12. The predicted molar refractivity (Wildman–Crippen MR) is 220 cm³/mol. The Labute approximate surface area is 308 Å². The molecule has 0 rings (SSSR count). The molecule has 1 amide bonds. The van der Waals surface area contributed by atoms with Crippen molar-refractivity contribution in [2.45, 2.75) is 154 Å². The van der Waals surface area contributed by atoms with Crippen LogP contribution in [0.25, 0.3) is 0 Å². The molecule has 50 heavy (non-hydrogen) atoms. The number of aliphatic hydroxyl groups is 2. The molecule has 280 valence electrons. The van der Waals surface area contributed by atoms with E-state index in [-0.39, 0.29) is 12.5 Å². The maximum atomic E-state index is 12.3. The van der Waals surface area contributed by atoms with E-state index in [0.717, 1.165) is 103 Å². The lowest BCUT2D eigenvalue weighted by Gasteiger charge is -2.19. The number of allylic oxidation sites excluding steroid dienone is 19. The Morgan fingerprint density at radius 1 is 0.500 bits per heavy atom. The number of carbonyl (C=O) groups excluding carboxylic acids is 1. The summed E-state index contributed by atoms with van der Waals surface area (Å²) in [7, 11) is 0. The van der Waals surface area contributed by atoms with Crippen LogP contribution >= 0.6 is 0 Å². The van der Waals surface area contributed by atoms with E-state index in [1.807, 2.05) is 6.08 Å². The summed E-state index contributed by atoms with van der Waals surface area (Å²) in [6.45, 7) is 4.09. The van der Waals surface area contributed by atoms with Crippen LogP contribution in [0.15, 0.2) is 122 Å². The Kier molecular flexibility index (Phi) is 37.6. The second kappa shape index (κ2) is 40.2. The van der Waals surface area contributed by atoms with Crippen molar-refractivity contribution in [3.05, 3.63) is 122 Å². The zero-order valence-electron chi connectivity index (χ0n) is 31.9. The van der Waals surface area contributed by atoms with Crippen molar-refractivity contribution in [2.75, 3.05) is 6.61 Å². The van der Waals surface area contributed by atoms with Crippen molar-refractivity contribution in [3.8, 4) is 0 Å². The van der Waals surface area contributed by atoms with Crippen molar-refractivity contribution in [1.29, 1.82) is 0 Å². The summed E-state index contributed by atoms with van der Waals surface area (Å²) >= 11 is 0. The Morgan fingerprint density at radius 2 is 0.900 bits per heavy atom. The van der Waals surface area contributed by atoms with Gasteiger partial charge < -0.3 is 15.5 Å². The monoisotopic (exact) mass is 688 g/mol. The fourth-order valence-electron chi connectivity index (χ4n) is 4.91. The van der Waals surface area contributed by atoms with E-state index < -0.39 is 12.1 Å². The zero-order valence-corrected chi connectivity index (χ0v) is 31.9. The van der Waals surface area contributed by atoms with E-state index in [0.29, 0.717) is 6.42 Å². The van der Waals surface area contributed by atoms with E-state index in [4.69, 9.17) is 0 Å². The average molecular weight is 688 g/mol. The molecular formula is C46H73NO3. The smallest absolute Gasteiger partial charge is 0.220 e. The van der Waals surface area contributed by atoms with Gasteiger partial charge in [-0.1, -0.05) is 161 Å². The lowest BCUT2D eigenvalue weighted by molar-refractivity contribution is -0.123. The van der Waals surface area contributed by atoms with Gasteiger partial charge in [0, 0.05) is 6.42 Å². The highest BCUT2D eigenvalue weighted by molar-refractivity contribution is 5.76. The van der Waals surface area contributed by atoms with Gasteiger partial charge >= 0.3 is 0 Å². The zero-order chi connectivity index (χ0) is 36.4. The van der Waals surface area contributed by atoms with Gasteiger partial charge in [0.15, 0.2) is 0 Å². The summed E-state index contributed by atoms with van der Waals surface area (Å²) in [6.07, 6.45) is 63.0. The summed E-state index contributed by atoms with van der Waals surface area (Å²) in [5, 5.41) is 22.8. The second-order valence-corrected chi connectivity index (χ2v) is 12.6. The summed E-state index contributed by atoms with van der Waals surface area (Å²) < 4.78 is 0. The first-order chi connectivity index (χ1) is 24.7. The standard InChI is InChI=1S/C46H73NO3/c1-3-5-7-9-11-13-14-15-16-17-18-19-20-21-22-23-24-25-26-27-28-29-30-31-32-34-36-38-40-42-46(50)47-44(43-48)45(49)41-39-37-35-33-12-10-8-6-4-2/h5,7,11-13,15-16,18-19,21-22,24-25,27-28,30-31,33,39,41,44-45,48-49H,3-4,6,8-10,14,17,20,23,26,29,32,34-38,40,42-43H2,1-2H3,(H,47,50)/b7-5-,13-11-,16-15-,19-18-,22-21-,25-24-,28-27-,31-30-,33-12+,41-39+. The van der Waals surface area contributed by atoms with Gasteiger partial charge in [-0.05, 0) is 96.3 Å². The fraction of sp³-hybridized carbons (Fsp3) is 0.543. The largest absolute Gasteiger partial charge is 0.394 e. The molecule has 0 aromatic heterocycles. The number of aliphatic hydroxyl groups excluding tert-OH is 2. The first kappa shape index (κ1) is 46.8. The van der Waals surface area contributed by atoms with Crippen molar-refractivity contribution in [1.82, 2.24) is 5.32 Å². The van der Waals surface area contributed by atoms with E-state index in [1.54, 1.807) is 6.08 Å². The molecule has 0 aliphatic rings. The van der Waals surface area contributed by atoms with Crippen molar-refractivity contribution in [2.24, 2.45) is 0 Å². The summed E-state index contributed by atoms with van der Waals surface area (Å²) in [6, 6.07) is -0.659. The highest BCUT2D eigenvalue weighted by Gasteiger charge is 2.17. The number of amides is 1.